The number of aliphatic hydroxyl groups excluding tert-OH is 2. The zero-order valence-corrected chi connectivity index (χ0v) is 26.6. The largest absolute Gasteiger partial charge is 0.465 e. The Morgan fingerprint density at radius 3 is 1.24 bits per heavy atom. The van der Waals surface area contributed by atoms with Crippen LogP contribution in [0.4, 0.5) is 0 Å². The molecule has 0 aromatic rings. The van der Waals surface area contributed by atoms with Gasteiger partial charge in [-0.15, -0.1) is 23.5 Å². The van der Waals surface area contributed by atoms with Crippen LogP contribution in [0.25, 0.3) is 0 Å². The molecule has 0 radical (unpaired) electrons. The quantitative estimate of drug-likeness (QED) is 0.0799. The van der Waals surface area contributed by atoms with Gasteiger partial charge in [-0.25, -0.2) is 0 Å². The standard InChI is InChI=1S/C22H38O8S7/c23-17-34-11-5-29-19(25)1-7-31-9-3-21(27)36-15-13-33-14-16-37-22(28)4-10-32-8-2-20(26)30-6-12-35-18-24/h23-24H,1-18H2. The summed E-state index contributed by atoms with van der Waals surface area (Å²) in [4.78, 5) is 46.8. The van der Waals surface area contributed by atoms with E-state index in [4.69, 9.17) is 19.7 Å². The lowest BCUT2D eigenvalue weighted by Gasteiger charge is -2.05. The molecule has 0 fully saturated rings. The van der Waals surface area contributed by atoms with Crippen molar-refractivity contribution in [2.75, 3.05) is 82.6 Å². The third kappa shape index (κ3) is 29.5. The summed E-state index contributed by atoms with van der Waals surface area (Å²) < 4.78 is 10.1. The maximum Gasteiger partial charge on any atom is 0.306 e. The first-order valence-corrected chi connectivity index (χ1v) is 19.5. The fraction of sp³-hybridized carbons (Fsp3) is 0.818. The number of carbonyl (C=O) groups is 4. The molecule has 0 bridgehead atoms. The van der Waals surface area contributed by atoms with Crippen molar-refractivity contribution in [3.8, 4) is 0 Å². The van der Waals surface area contributed by atoms with Crippen LogP contribution in [-0.2, 0) is 28.7 Å². The number of hydrogen-bond donors (Lipinski definition) is 2. The summed E-state index contributed by atoms with van der Waals surface area (Å²) in [5.41, 5.74) is 0. The van der Waals surface area contributed by atoms with Gasteiger partial charge in [0.05, 0.1) is 24.7 Å². The van der Waals surface area contributed by atoms with Crippen molar-refractivity contribution in [2.24, 2.45) is 0 Å². The minimum Gasteiger partial charge on any atom is -0.465 e. The normalized spacial score (nSPS) is 10.9. The van der Waals surface area contributed by atoms with Gasteiger partial charge in [0.2, 0.25) is 0 Å². The second-order valence-corrected chi connectivity index (χ2v) is 14.9. The highest BCUT2D eigenvalue weighted by atomic mass is 32.2. The van der Waals surface area contributed by atoms with E-state index in [1.807, 2.05) is 0 Å². The Morgan fingerprint density at radius 2 is 0.838 bits per heavy atom. The molecule has 0 aliphatic rings. The fourth-order valence-electron chi connectivity index (χ4n) is 2.20. The minimum absolute atomic E-state index is 0.0240. The molecule has 0 rings (SSSR count). The van der Waals surface area contributed by atoms with Crippen LogP contribution in [-0.4, -0.2) is 115 Å². The van der Waals surface area contributed by atoms with Crippen molar-refractivity contribution in [1.82, 2.24) is 0 Å². The fourth-order valence-corrected chi connectivity index (χ4v) is 7.57. The van der Waals surface area contributed by atoms with E-state index in [9.17, 15) is 19.2 Å². The number of carbonyl (C=O) groups excluding carboxylic acids is 4. The van der Waals surface area contributed by atoms with Crippen LogP contribution >= 0.6 is 82.3 Å². The maximum absolute atomic E-state index is 11.9. The van der Waals surface area contributed by atoms with Crippen molar-refractivity contribution in [3.63, 3.8) is 0 Å². The molecule has 0 heterocycles. The minimum atomic E-state index is -0.247. The second kappa shape index (κ2) is 29.6. The molecule has 0 unspecified atom stereocenters. The van der Waals surface area contributed by atoms with Crippen LogP contribution in [0.2, 0.25) is 0 Å². The van der Waals surface area contributed by atoms with Gasteiger partial charge in [0.1, 0.15) is 13.2 Å². The molecule has 8 nitrogen and oxygen atoms in total. The van der Waals surface area contributed by atoms with Crippen LogP contribution in [0.15, 0.2) is 0 Å². The Labute approximate surface area is 250 Å². The summed E-state index contributed by atoms with van der Waals surface area (Å²) in [7, 11) is 0. The van der Waals surface area contributed by atoms with Gasteiger partial charge in [-0.3, -0.25) is 19.2 Å². The van der Waals surface area contributed by atoms with Gasteiger partial charge in [0.15, 0.2) is 10.2 Å². The van der Waals surface area contributed by atoms with E-state index in [-0.39, 0.29) is 34.0 Å². The number of rotatable bonds is 26. The van der Waals surface area contributed by atoms with Gasteiger partial charge in [-0.1, -0.05) is 23.5 Å². The molecule has 0 atom stereocenters. The predicted octanol–water partition coefficient (Wildman–Crippen LogP) is 3.72. The number of esters is 2. The van der Waals surface area contributed by atoms with E-state index in [0.717, 1.165) is 23.0 Å². The van der Waals surface area contributed by atoms with E-state index < -0.39 is 0 Å². The zero-order chi connectivity index (χ0) is 27.4. The van der Waals surface area contributed by atoms with Crippen LogP contribution in [0.5, 0.6) is 0 Å². The number of hydrogen-bond acceptors (Lipinski definition) is 15. The lowest BCUT2D eigenvalue weighted by Crippen LogP contribution is -2.08. The average Bonchev–Trinajstić information content (AvgIpc) is 2.88. The topological polar surface area (TPSA) is 127 Å². The van der Waals surface area contributed by atoms with E-state index >= 15 is 0 Å². The SMILES string of the molecule is O=C(CCSCCC(=O)SCCSCCSC(=O)CCSCCC(=O)OCCSCO)OCCSCO. The Bertz CT molecular complexity index is 564. The third-order valence-electron chi connectivity index (χ3n) is 3.95. The van der Waals surface area contributed by atoms with Crippen LogP contribution < -0.4 is 0 Å². The number of thioether (sulfide) groups is 7. The highest BCUT2D eigenvalue weighted by molar-refractivity contribution is 8.15. The first-order valence-electron chi connectivity index (χ1n) is 11.7. The van der Waals surface area contributed by atoms with E-state index in [2.05, 4.69) is 0 Å². The van der Waals surface area contributed by atoms with Crippen molar-refractivity contribution >= 4 is 105 Å². The molecule has 0 amide bonds. The summed E-state index contributed by atoms with van der Waals surface area (Å²) in [6, 6.07) is 0. The summed E-state index contributed by atoms with van der Waals surface area (Å²) in [6.07, 6.45) is 1.62. The molecule has 0 aliphatic carbocycles. The van der Waals surface area contributed by atoms with Gasteiger partial charge in [0, 0.05) is 70.4 Å². The van der Waals surface area contributed by atoms with Gasteiger partial charge < -0.3 is 19.7 Å². The predicted molar refractivity (Wildman–Crippen MR) is 166 cm³/mol. The molecular formula is C22H38O8S7. The van der Waals surface area contributed by atoms with E-state index in [1.54, 1.807) is 35.3 Å². The van der Waals surface area contributed by atoms with Gasteiger partial charge in [0.25, 0.3) is 0 Å². The monoisotopic (exact) mass is 654 g/mol. The molecule has 0 saturated heterocycles. The summed E-state index contributed by atoms with van der Waals surface area (Å²) in [5.74, 6) is 6.62. The molecule has 0 aromatic carbocycles. The van der Waals surface area contributed by atoms with Crippen molar-refractivity contribution in [1.29, 1.82) is 0 Å². The summed E-state index contributed by atoms with van der Waals surface area (Å²) >= 11 is 10.2. The third-order valence-corrected chi connectivity index (χ3v) is 10.6. The van der Waals surface area contributed by atoms with Crippen molar-refractivity contribution in [2.45, 2.75) is 25.7 Å². The molecule has 216 valence electrons. The van der Waals surface area contributed by atoms with Gasteiger partial charge in [-0.05, 0) is 0 Å². The maximum atomic E-state index is 11.9. The average molecular weight is 655 g/mol. The van der Waals surface area contributed by atoms with Crippen molar-refractivity contribution < 1.29 is 38.9 Å². The number of ether oxygens (including phenoxy) is 2. The van der Waals surface area contributed by atoms with Gasteiger partial charge >= 0.3 is 11.9 Å². The first kappa shape index (κ1) is 37.6. The van der Waals surface area contributed by atoms with Crippen LogP contribution in [0, 0.1) is 0 Å². The van der Waals surface area contributed by atoms with Gasteiger partial charge in [-0.2, -0.15) is 35.3 Å². The lowest BCUT2D eigenvalue weighted by molar-refractivity contribution is -0.143. The Morgan fingerprint density at radius 1 is 0.459 bits per heavy atom. The molecule has 0 saturated carbocycles. The Hall–Kier alpha value is 0.650. The Kier molecular flexibility index (Phi) is 30.1. The Balaban J connectivity index is 3.41. The highest BCUT2D eigenvalue weighted by Gasteiger charge is 2.07. The summed E-state index contributed by atoms with van der Waals surface area (Å²) in [6.45, 7) is 0.620. The van der Waals surface area contributed by atoms with Crippen molar-refractivity contribution in [3.05, 3.63) is 0 Å². The van der Waals surface area contributed by atoms with E-state index in [0.29, 0.717) is 73.4 Å². The molecule has 0 aliphatic heterocycles. The lowest BCUT2D eigenvalue weighted by atomic mass is 10.5. The molecule has 0 spiro atoms. The van der Waals surface area contributed by atoms with E-state index in [1.165, 1.54) is 47.0 Å². The number of aliphatic hydroxyl groups is 2. The highest BCUT2D eigenvalue weighted by Crippen LogP contribution is 2.16. The molecular weight excluding hydrogens is 617 g/mol. The molecule has 15 heteroatoms. The van der Waals surface area contributed by atoms with Crippen LogP contribution in [0.1, 0.15) is 25.7 Å². The first-order chi connectivity index (χ1) is 18.0. The summed E-state index contributed by atoms with van der Waals surface area (Å²) in [5, 5.41) is 17.6. The molecule has 2 N–H and O–H groups in total. The molecule has 37 heavy (non-hydrogen) atoms. The van der Waals surface area contributed by atoms with Crippen LogP contribution in [0.3, 0.4) is 0 Å². The second-order valence-electron chi connectivity index (χ2n) is 6.79. The smallest absolute Gasteiger partial charge is 0.306 e. The molecule has 0 aromatic heterocycles. The zero-order valence-electron chi connectivity index (χ0n) is 20.9.